The van der Waals surface area contributed by atoms with Crippen molar-refractivity contribution in [3.05, 3.63) is 76.4 Å². The van der Waals surface area contributed by atoms with Crippen molar-refractivity contribution >= 4 is 40.0 Å². The number of nitrogens with one attached hydrogen (secondary N) is 2. The monoisotopic (exact) mass is 852 g/mol. The van der Waals surface area contributed by atoms with Crippen LogP contribution in [0.4, 0.5) is 20.3 Å². The number of halogens is 2. The van der Waals surface area contributed by atoms with E-state index in [-0.39, 0.29) is 47.0 Å². The van der Waals surface area contributed by atoms with Crippen LogP contribution in [0.15, 0.2) is 58.2 Å². The van der Waals surface area contributed by atoms with Gasteiger partial charge in [0.25, 0.3) is 12.3 Å². The van der Waals surface area contributed by atoms with E-state index in [4.69, 9.17) is 4.42 Å². The number of piperidine rings is 1. The molecule has 1 aromatic carbocycles. The molecule has 4 aliphatic rings. The summed E-state index contributed by atoms with van der Waals surface area (Å²) in [5, 5.41) is 10.2. The van der Waals surface area contributed by atoms with E-state index in [9.17, 15) is 28.0 Å². The third-order valence-corrected chi connectivity index (χ3v) is 13.5. The first-order valence-electron chi connectivity index (χ1n) is 22.0. The van der Waals surface area contributed by atoms with Crippen LogP contribution in [0, 0.1) is 11.8 Å². The molecule has 15 nitrogen and oxygen atoms in total. The van der Waals surface area contributed by atoms with E-state index in [1.807, 2.05) is 12.1 Å². The number of aromatic nitrogens is 6. The minimum atomic E-state index is -2.87. The van der Waals surface area contributed by atoms with E-state index in [2.05, 4.69) is 48.6 Å². The Balaban J connectivity index is 0.760. The molecule has 17 heteroatoms. The molecule has 5 aromatic rings. The minimum absolute atomic E-state index is 0.0283. The lowest BCUT2D eigenvalue weighted by atomic mass is 9.85. The second-order valence-corrected chi connectivity index (χ2v) is 17.8. The van der Waals surface area contributed by atoms with Gasteiger partial charge in [-0.1, -0.05) is 12.1 Å². The van der Waals surface area contributed by atoms with Gasteiger partial charge in [-0.05, 0) is 114 Å². The minimum Gasteiger partial charge on any atom is -0.444 e. The summed E-state index contributed by atoms with van der Waals surface area (Å²) in [6.07, 6.45) is 10.0. The number of imidazole rings is 1. The molecule has 4 aromatic heterocycles. The lowest BCUT2D eigenvalue weighted by Gasteiger charge is -2.39. The first-order valence-corrected chi connectivity index (χ1v) is 22.0. The van der Waals surface area contributed by atoms with Crippen molar-refractivity contribution in [1.29, 1.82) is 0 Å². The van der Waals surface area contributed by atoms with Gasteiger partial charge in [-0.15, -0.1) is 0 Å². The van der Waals surface area contributed by atoms with Crippen LogP contribution in [0.25, 0.3) is 22.5 Å². The van der Waals surface area contributed by atoms with Crippen molar-refractivity contribution in [2.24, 2.45) is 18.9 Å². The van der Waals surface area contributed by atoms with Crippen molar-refractivity contribution in [2.45, 2.75) is 102 Å². The maximum Gasteiger partial charge on any atom is 0.329 e. The number of hydrogen-bond acceptors (Lipinski definition) is 11. The van der Waals surface area contributed by atoms with Crippen molar-refractivity contribution in [1.82, 2.24) is 38.7 Å². The molecule has 2 N–H and O–H groups in total. The van der Waals surface area contributed by atoms with Crippen LogP contribution < -0.4 is 16.3 Å². The molecule has 0 radical (unpaired) electrons. The van der Waals surface area contributed by atoms with Gasteiger partial charge in [-0.2, -0.15) is 5.10 Å². The van der Waals surface area contributed by atoms with Crippen LogP contribution in [-0.2, 0) is 23.2 Å². The molecule has 5 heterocycles. The molecule has 1 saturated heterocycles. The molecule has 328 valence electrons. The Labute approximate surface area is 357 Å². The molecule has 1 aliphatic heterocycles. The smallest absolute Gasteiger partial charge is 0.329 e. The van der Waals surface area contributed by atoms with Crippen LogP contribution in [0.5, 0.6) is 0 Å². The van der Waals surface area contributed by atoms with Gasteiger partial charge in [0.15, 0.2) is 17.2 Å². The molecule has 0 spiro atoms. The summed E-state index contributed by atoms with van der Waals surface area (Å²) in [5.41, 5.74) is 2.52. The highest BCUT2D eigenvalue weighted by molar-refractivity contribution is 6.04. The van der Waals surface area contributed by atoms with Gasteiger partial charge in [0, 0.05) is 57.1 Å². The van der Waals surface area contributed by atoms with E-state index in [0.717, 1.165) is 81.3 Å². The molecule has 0 unspecified atom stereocenters. The maximum atomic E-state index is 14.2. The Morgan fingerprint density at radius 3 is 2.52 bits per heavy atom. The lowest BCUT2D eigenvalue weighted by Crippen LogP contribution is -2.44. The number of likely N-dealkylation sites (tertiary alicyclic amines) is 1. The largest absolute Gasteiger partial charge is 0.444 e. The van der Waals surface area contributed by atoms with E-state index in [0.29, 0.717) is 48.6 Å². The van der Waals surface area contributed by atoms with Crippen molar-refractivity contribution in [3.8, 4) is 11.5 Å². The zero-order chi connectivity index (χ0) is 43.1. The topological polar surface area (TPSA) is 165 Å². The third kappa shape index (κ3) is 8.87. The van der Waals surface area contributed by atoms with Crippen LogP contribution in [-0.4, -0.2) is 95.4 Å². The molecule has 3 saturated carbocycles. The molecular formula is C45H54F2N10O5. The fourth-order valence-corrected chi connectivity index (χ4v) is 9.77. The number of amides is 1. The number of alkyl halides is 2. The van der Waals surface area contributed by atoms with Gasteiger partial charge in [-0.3, -0.25) is 33.1 Å². The Hall–Kier alpha value is -5.55. The molecule has 4 fully saturated rings. The zero-order valence-electron chi connectivity index (χ0n) is 35.3. The summed E-state index contributed by atoms with van der Waals surface area (Å²) < 4.78 is 38.9. The molecule has 0 bridgehead atoms. The van der Waals surface area contributed by atoms with Gasteiger partial charge in [-0.25, -0.2) is 23.5 Å². The van der Waals surface area contributed by atoms with Gasteiger partial charge in [0.2, 0.25) is 5.89 Å². The number of hydrogen-bond donors (Lipinski definition) is 2. The van der Waals surface area contributed by atoms with Gasteiger partial charge in [0.1, 0.15) is 17.9 Å². The Morgan fingerprint density at radius 1 is 1.00 bits per heavy atom. The Morgan fingerprint density at radius 2 is 1.77 bits per heavy atom. The second-order valence-electron chi connectivity index (χ2n) is 17.8. The second kappa shape index (κ2) is 17.7. The molecule has 9 rings (SSSR count). The summed E-state index contributed by atoms with van der Waals surface area (Å²) in [6, 6.07) is 9.22. The first kappa shape index (κ1) is 41.8. The summed E-state index contributed by atoms with van der Waals surface area (Å²) in [6.45, 7) is 4.34. The number of anilines is 2. The van der Waals surface area contributed by atoms with Crippen LogP contribution in [0.3, 0.4) is 0 Å². The van der Waals surface area contributed by atoms with Crippen molar-refractivity contribution < 1.29 is 27.6 Å². The summed E-state index contributed by atoms with van der Waals surface area (Å²) in [4.78, 5) is 64.9. The predicted octanol–water partition coefficient (Wildman–Crippen LogP) is 6.79. The summed E-state index contributed by atoms with van der Waals surface area (Å²) >= 11 is 0. The normalized spacial score (nSPS) is 21.7. The SMILES string of the molecule is CN(CC1CCC(n2cc(NC(=O)c3coc(-c4ccnc(NCC5CC5)c4)n3)c(C(F)F)n2)CC1)C1CCN(Cc2cccc3c2n(C)c(=O)n3[C@@H]2CCC(=O)CC2=O)CC1. The number of para-hydroxylation sites is 1. The number of carbonyl (C=O) groups is 3. The number of oxazole rings is 1. The highest BCUT2D eigenvalue weighted by Gasteiger charge is 2.33. The fourth-order valence-electron chi connectivity index (χ4n) is 9.77. The van der Waals surface area contributed by atoms with Gasteiger partial charge < -0.3 is 20.0 Å². The van der Waals surface area contributed by atoms with E-state index in [1.54, 1.807) is 39.2 Å². The van der Waals surface area contributed by atoms with Crippen LogP contribution in [0.1, 0.15) is 111 Å². The molecule has 3 aliphatic carbocycles. The number of carbonyl (C=O) groups excluding carboxylic acids is 3. The quantitative estimate of drug-likeness (QED) is 0.113. The highest BCUT2D eigenvalue weighted by atomic mass is 19.3. The van der Waals surface area contributed by atoms with Crippen LogP contribution in [0.2, 0.25) is 0 Å². The standard InChI is InChI=1S/C45H54F2N10O5/c1-53(31-15-18-55(19-16-31)24-30-4-3-5-37-41(30)54(2)45(61)57(37)36-13-12-33(58)21-38(36)59)23-28-8-10-32(11-9-28)56-25-34(40(52-56)42(46)47)50-43(60)35-26-62-44(51-35)29-14-17-48-39(20-29)49-22-27-6-7-27/h3-5,14,17,20,25-28,31-32,36,42H,6-13,15-16,18-19,21-24H2,1-2H3,(H,48,49)(H,50,60)/t28?,32?,36-/m1/s1. The number of ketones is 2. The summed E-state index contributed by atoms with van der Waals surface area (Å²) in [5.74, 6) is 1.15. The Kier molecular flexibility index (Phi) is 11.9. The number of benzene rings is 1. The van der Waals surface area contributed by atoms with Gasteiger partial charge in [0.05, 0.1) is 35.2 Å². The number of nitrogens with zero attached hydrogens (tertiary/aromatic N) is 8. The average Bonchev–Trinajstić information content (AvgIpc) is 3.67. The van der Waals surface area contributed by atoms with Gasteiger partial charge >= 0.3 is 5.69 Å². The van der Waals surface area contributed by atoms with Crippen molar-refractivity contribution in [3.63, 3.8) is 0 Å². The van der Waals surface area contributed by atoms with Crippen molar-refractivity contribution in [2.75, 3.05) is 43.9 Å². The lowest BCUT2D eigenvalue weighted by molar-refractivity contribution is -0.132. The molecular weight excluding hydrogens is 799 g/mol. The van der Waals surface area contributed by atoms with E-state index >= 15 is 0 Å². The number of aryl methyl sites for hydroxylation is 1. The predicted molar refractivity (Wildman–Crippen MR) is 228 cm³/mol. The molecule has 1 amide bonds. The number of Topliss-reactive ketones (excluding diaryl/α,β-unsaturated/α-hetero) is 2. The molecule has 62 heavy (non-hydrogen) atoms. The number of pyridine rings is 1. The van der Waals surface area contributed by atoms with E-state index in [1.165, 1.54) is 25.3 Å². The highest BCUT2D eigenvalue weighted by Crippen LogP contribution is 2.36. The average molecular weight is 853 g/mol. The number of rotatable bonds is 14. The van der Waals surface area contributed by atoms with Crippen LogP contribution >= 0.6 is 0 Å². The Bertz CT molecular complexity index is 2510. The maximum absolute atomic E-state index is 14.2. The van der Waals surface area contributed by atoms with E-state index < -0.39 is 24.1 Å². The summed E-state index contributed by atoms with van der Waals surface area (Å²) in [7, 11) is 3.96. The zero-order valence-corrected chi connectivity index (χ0v) is 35.3. The first-order chi connectivity index (χ1) is 30.0. The molecule has 1 atom stereocenters. The third-order valence-electron chi connectivity index (χ3n) is 13.5. The number of fused-ring (bicyclic) bond motifs is 1. The fraction of sp³-hybridized carbons (Fsp3) is 0.533.